The molecule has 1 aromatic carbocycles. The Balaban J connectivity index is 1.97. The molecule has 18 heavy (non-hydrogen) atoms. The van der Waals surface area contributed by atoms with E-state index in [0.717, 1.165) is 10.4 Å². The largest absolute Gasteiger partial charge is 0.126 e. The third kappa shape index (κ3) is 4.18. The number of benzene rings is 1. The second kappa shape index (κ2) is 7.21. The van der Waals surface area contributed by atoms with Gasteiger partial charge in [0.2, 0.25) is 0 Å². The lowest BCUT2D eigenvalue weighted by atomic mass is 9.85. The minimum absolute atomic E-state index is 0.490. The molecule has 0 aromatic heterocycles. The smallest absolute Gasteiger partial charge is 0.0417 e. The van der Waals surface area contributed by atoms with Crippen molar-refractivity contribution in [1.29, 1.82) is 0 Å². The van der Waals surface area contributed by atoms with Gasteiger partial charge in [0.1, 0.15) is 0 Å². The maximum absolute atomic E-state index is 6.04. The summed E-state index contributed by atoms with van der Waals surface area (Å²) < 4.78 is 0. The van der Waals surface area contributed by atoms with Crippen LogP contribution in [0.15, 0.2) is 29.2 Å². The van der Waals surface area contributed by atoms with Crippen LogP contribution >= 0.6 is 39.3 Å². The molecule has 0 spiro atoms. The van der Waals surface area contributed by atoms with Gasteiger partial charge in [-0.3, -0.25) is 0 Å². The van der Waals surface area contributed by atoms with Crippen LogP contribution in [0.3, 0.4) is 0 Å². The minimum Gasteiger partial charge on any atom is -0.126 e. The Kier molecular flexibility index (Phi) is 5.91. The molecule has 0 bridgehead atoms. The fourth-order valence-electron chi connectivity index (χ4n) is 2.59. The number of hydrogen-bond acceptors (Lipinski definition) is 1. The number of thioether (sulfide) groups is 1. The lowest BCUT2D eigenvalue weighted by Gasteiger charge is -2.30. The number of hydrogen-bond donors (Lipinski definition) is 0. The Labute approximate surface area is 128 Å². The van der Waals surface area contributed by atoms with Crippen molar-refractivity contribution in [3.63, 3.8) is 0 Å². The molecule has 3 heteroatoms. The Bertz CT molecular complexity index is 373. The van der Waals surface area contributed by atoms with E-state index in [1.165, 1.54) is 49.2 Å². The van der Waals surface area contributed by atoms with Gasteiger partial charge < -0.3 is 0 Å². The molecule has 0 amide bonds. The van der Waals surface area contributed by atoms with E-state index in [-0.39, 0.29) is 0 Å². The van der Waals surface area contributed by atoms with E-state index in [4.69, 9.17) is 11.6 Å². The predicted molar refractivity (Wildman–Crippen MR) is 86.1 cm³/mol. The van der Waals surface area contributed by atoms with E-state index in [9.17, 15) is 0 Å². The zero-order valence-electron chi connectivity index (χ0n) is 10.6. The van der Waals surface area contributed by atoms with E-state index >= 15 is 0 Å². The van der Waals surface area contributed by atoms with E-state index in [1.807, 2.05) is 23.9 Å². The fraction of sp³-hybridized carbons (Fsp3) is 0.600. The molecule has 0 radical (unpaired) electrons. The summed E-state index contributed by atoms with van der Waals surface area (Å²) in [7, 11) is 0. The van der Waals surface area contributed by atoms with Gasteiger partial charge in [-0.05, 0) is 36.5 Å². The van der Waals surface area contributed by atoms with Crippen molar-refractivity contribution >= 4 is 39.3 Å². The standard InChI is InChI=1S/C15H20BrClS/c16-11-15(8-3-1-2-4-9-15)12-18-14-7-5-6-13(17)10-14/h5-7,10H,1-4,8-9,11-12H2. The zero-order valence-corrected chi connectivity index (χ0v) is 13.8. The van der Waals surface area contributed by atoms with E-state index in [2.05, 4.69) is 28.1 Å². The highest BCUT2D eigenvalue weighted by atomic mass is 79.9. The summed E-state index contributed by atoms with van der Waals surface area (Å²) in [6, 6.07) is 8.22. The monoisotopic (exact) mass is 346 g/mol. The number of halogens is 2. The molecule has 100 valence electrons. The molecule has 1 fully saturated rings. The summed E-state index contributed by atoms with van der Waals surface area (Å²) in [6.45, 7) is 0. The van der Waals surface area contributed by atoms with Gasteiger partial charge in [-0.15, -0.1) is 11.8 Å². The fourth-order valence-corrected chi connectivity index (χ4v) is 5.11. The van der Waals surface area contributed by atoms with Crippen LogP contribution in [0.1, 0.15) is 38.5 Å². The molecule has 0 unspecified atom stereocenters. The summed E-state index contributed by atoms with van der Waals surface area (Å²) in [5.41, 5.74) is 0.490. The molecule has 0 heterocycles. The van der Waals surface area contributed by atoms with Crippen LogP contribution < -0.4 is 0 Å². The van der Waals surface area contributed by atoms with Crippen LogP contribution in [-0.2, 0) is 0 Å². The second-order valence-electron chi connectivity index (χ2n) is 5.29. The molecule has 0 saturated heterocycles. The molecule has 1 aliphatic rings. The highest BCUT2D eigenvalue weighted by Crippen LogP contribution is 2.41. The minimum atomic E-state index is 0.490. The zero-order chi connectivity index (χ0) is 12.8. The van der Waals surface area contributed by atoms with Crippen molar-refractivity contribution in [3.05, 3.63) is 29.3 Å². The Morgan fingerprint density at radius 3 is 2.50 bits per heavy atom. The molecule has 0 aliphatic heterocycles. The van der Waals surface area contributed by atoms with E-state index < -0.39 is 0 Å². The number of rotatable bonds is 4. The molecule has 1 aliphatic carbocycles. The summed E-state index contributed by atoms with van der Waals surface area (Å²) in [5.74, 6) is 1.21. The Morgan fingerprint density at radius 1 is 1.17 bits per heavy atom. The molecular formula is C15H20BrClS. The summed E-state index contributed by atoms with van der Waals surface area (Å²) >= 11 is 11.7. The van der Waals surface area contributed by atoms with Gasteiger partial charge in [0.05, 0.1) is 0 Å². The highest BCUT2D eigenvalue weighted by molar-refractivity contribution is 9.09. The van der Waals surface area contributed by atoms with Gasteiger partial charge in [-0.25, -0.2) is 0 Å². The van der Waals surface area contributed by atoms with Gasteiger partial charge in [0.15, 0.2) is 0 Å². The molecule has 1 aromatic rings. The third-order valence-electron chi connectivity index (χ3n) is 3.79. The van der Waals surface area contributed by atoms with E-state index in [0.29, 0.717) is 5.41 Å². The normalized spacial score (nSPS) is 19.4. The molecule has 0 nitrogen and oxygen atoms in total. The summed E-state index contributed by atoms with van der Waals surface area (Å²) in [4.78, 5) is 1.30. The van der Waals surface area contributed by atoms with Crippen molar-refractivity contribution in [2.45, 2.75) is 43.4 Å². The topological polar surface area (TPSA) is 0 Å². The maximum Gasteiger partial charge on any atom is 0.0417 e. The first-order chi connectivity index (χ1) is 8.74. The SMILES string of the molecule is Clc1cccc(SCC2(CBr)CCCCCC2)c1. The van der Waals surface area contributed by atoms with Crippen LogP contribution in [-0.4, -0.2) is 11.1 Å². The van der Waals surface area contributed by atoms with Gasteiger partial charge in [0, 0.05) is 21.0 Å². The molecule has 0 N–H and O–H groups in total. The molecular weight excluding hydrogens is 328 g/mol. The van der Waals surface area contributed by atoms with Crippen molar-refractivity contribution in [2.24, 2.45) is 5.41 Å². The van der Waals surface area contributed by atoms with Gasteiger partial charge in [-0.1, -0.05) is 59.3 Å². The van der Waals surface area contributed by atoms with Crippen molar-refractivity contribution < 1.29 is 0 Å². The van der Waals surface area contributed by atoms with Crippen LogP contribution in [0, 0.1) is 5.41 Å². The Morgan fingerprint density at radius 2 is 1.89 bits per heavy atom. The lowest BCUT2D eigenvalue weighted by molar-refractivity contribution is 0.334. The van der Waals surface area contributed by atoms with Gasteiger partial charge in [-0.2, -0.15) is 0 Å². The van der Waals surface area contributed by atoms with Crippen molar-refractivity contribution in [3.8, 4) is 0 Å². The van der Waals surface area contributed by atoms with Crippen LogP contribution in [0.2, 0.25) is 5.02 Å². The summed E-state index contributed by atoms with van der Waals surface area (Å²) in [6.07, 6.45) is 8.34. The average molecular weight is 348 g/mol. The number of alkyl halides is 1. The maximum atomic E-state index is 6.04. The van der Waals surface area contributed by atoms with E-state index in [1.54, 1.807) is 0 Å². The first-order valence-electron chi connectivity index (χ1n) is 6.68. The second-order valence-corrected chi connectivity index (χ2v) is 7.34. The van der Waals surface area contributed by atoms with Gasteiger partial charge in [0.25, 0.3) is 0 Å². The molecule has 2 rings (SSSR count). The van der Waals surface area contributed by atoms with Crippen molar-refractivity contribution in [2.75, 3.05) is 11.1 Å². The quantitative estimate of drug-likeness (QED) is 0.356. The van der Waals surface area contributed by atoms with Crippen molar-refractivity contribution in [1.82, 2.24) is 0 Å². The molecule has 1 saturated carbocycles. The molecule has 0 atom stereocenters. The van der Waals surface area contributed by atoms with Gasteiger partial charge >= 0.3 is 0 Å². The predicted octanol–water partition coefficient (Wildman–Crippen LogP) is 6.17. The van der Waals surface area contributed by atoms with Crippen LogP contribution in [0.4, 0.5) is 0 Å². The highest BCUT2D eigenvalue weighted by Gasteiger charge is 2.29. The van der Waals surface area contributed by atoms with Crippen LogP contribution in [0.25, 0.3) is 0 Å². The first kappa shape index (κ1) is 14.7. The average Bonchev–Trinajstić information content (AvgIpc) is 2.63. The first-order valence-corrected chi connectivity index (χ1v) is 9.17. The van der Waals surface area contributed by atoms with Crippen LogP contribution in [0.5, 0.6) is 0 Å². The Hall–Kier alpha value is 0.340. The third-order valence-corrected chi connectivity index (χ3v) is 6.56. The lowest BCUT2D eigenvalue weighted by Crippen LogP contribution is -2.25. The summed E-state index contributed by atoms with van der Waals surface area (Å²) in [5, 5.41) is 1.97.